The molecular weight excluding hydrogens is 301 g/mol. The summed E-state index contributed by atoms with van der Waals surface area (Å²) in [6.07, 6.45) is -0.924. The van der Waals surface area contributed by atoms with E-state index in [2.05, 4.69) is 10.1 Å². The Kier molecular flexibility index (Phi) is 5.78. The Balaban J connectivity index is 2.02. The van der Waals surface area contributed by atoms with E-state index in [4.69, 9.17) is 0 Å². The summed E-state index contributed by atoms with van der Waals surface area (Å²) in [6.45, 7) is 0. The molecule has 0 aliphatic carbocycles. The summed E-state index contributed by atoms with van der Waals surface area (Å²) < 4.78 is 4.46. The molecule has 0 aliphatic rings. The van der Waals surface area contributed by atoms with Gasteiger partial charge in [0.05, 0.1) is 6.10 Å². The van der Waals surface area contributed by atoms with Crippen molar-refractivity contribution in [1.29, 1.82) is 0 Å². The highest BCUT2D eigenvalue weighted by Crippen LogP contribution is 2.19. The van der Waals surface area contributed by atoms with Gasteiger partial charge < -0.3 is 5.11 Å². The normalized spacial score (nSPS) is 11.7. The minimum atomic E-state index is -0.914. The number of hydroxylamine groups is 1. The molecule has 2 unspecified atom stereocenters. The van der Waals surface area contributed by atoms with Crippen molar-refractivity contribution in [3.63, 3.8) is 0 Å². The number of nitrogens with one attached hydrogen (secondary N) is 1. The maximum Gasteiger partial charge on any atom is 0.275 e. The van der Waals surface area contributed by atoms with E-state index in [0.717, 1.165) is 0 Å². The highest BCUT2D eigenvalue weighted by molar-refractivity contribution is 7.09. The second-order valence-corrected chi connectivity index (χ2v) is 4.92. The Labute approximate surface area is 130 Å². The molecule has 2 aromatic carbocycles. The molecule has 0 bridgehead atoms. The van der Waals surface area contributed by atoms with E-state index in [1.165, 1.54) is 0 Å². The van der Waals surface area contributed by atoms with Crippen LogP contribution in [0.2, 0.25) is 0 Å². The van der Waals surface area contributed by atoms with Crippen LogP contribution in [0.5, 0.6) is 0 Å². The van der Waals surface area contributed by atoms with E-state index in [9.17, 15) is 14.7 Å². The van der Waals surface area contributed by atoms with E-state index >= 15 is 0 Å². The first kappa shape index (κ1) is 16.3. The summed E-state index contributed by atoms with van der Waals surface area (Å²) in [5.41, 5.74) is 3.71. The molecule has 6 heteroatoms. The van der Waals surface area contributed by atoms with E-state index in [0.29, 0.717) is 16.7 Å². The summed E-state index contributed by atoms with van der Waals surface area (Å²) in [6, 6.07) is 15.2. The number of aliphatic hydroxyl groups excluding tert-OH is 1. The first-order valence-corrected chi connectivity index (χ1v) is 7.11. The number of aliphatic hydroxyl groups is 1. The van der Waals surface area contributed by atoms with Crippen molar-refractivity contribution >= 4 is 21.2 Å². The van der Waals surface area contributed by atoms with Gasteiger partial charge in [0.2, 0.25) is 0 Å². The molecule has 2 aromatic rings. The average Bonchev–Trinajstić information content (AvgIpc) is 2.56. The van der Waals surface area contributed by atoms with Gasteiger partial charge in [-0.1, -0.05) is 42.5 Å². The predicted octanol–water partition coefficient (Wildman–Crippen LogP) is 2.44. The molecule has 0 aliphatic heterocycles. The van der Waals surface area contributed by atoms with Crippen molar-refractivity contribution in [1.82, 2.24) is 5.48 Å². The Morgan fingerprint density at radius 1 is 1.05 bits per heavy atom. The molecule has 5 nitrogen and oxygen atoms in total. The molecule has 2 N–H and O–H groups in total. The monoisotopic (exact) mass is 317 g/mol. The van der Waals surface area contributed by atoms with Crippen molar-refractivity contribution in [2.24, 2.45) is 0 Å². The minimum Gasteiger partial charge on any atom is -0.388 e. The molecule has 0 aromatic heterocycles. The Hall–Kier alpha value is -2.07. The minimum absolute atomic E-state index is 0.00966. The molecule has 2 atom stereocenters. The molecule has 0 saturated heterocycles. The van der Waals surface area contributed by atoms with Gasteiger partial charge in [-0.25, -0.2) is 5.48 Å². The highest BCUT2D eigenvalue weighted by atomic mass is 31.0. The van der Waals surface area contributed by atoms with Crippen molar-refractivity contribution in [2.45, 2.75) is 12.5 Å². The molecule has 0 spiro atoms. The molecule has 22 heavy (non-hydrogen) atoms. The molecule has 0 saturated carbocycles. The van der Waals surface area contributed by atoms with Gasteiger partial charge in [0.1, 0.15) is 0 Å². The smallest absolute Gasteiger partial charge is 0.275 e. The van der Waals surface area contributed by atoms with Gasteiger partial charge in [0, 0.05) is 27.0 Å². The van der Waals surface area contributed by atoms with Gasteiger partial charge in [0.15, 0.2) is 5.78 Å². The van der Waals surface area contributed by atoms with Gasteiger partial charge in [-0.05, 0) is 17.7 Å². The lowest BCUT2D eigenvalue weighted by Crippen LogP contribution is -2.19. The fraction of sp³-hybridized carbons (Fsp3) is 0.125. The van der Waals surface area contributed by atoms with E-state index in [1.54, 1.807) is 48.5 Å². The summed E-state index contributed by atoms with van der Waals surface area (Å²) in [5.74, 6) is -0.525. The van der Waals surface area contributed by atoms with Crippen LogP contribution in [-0.4, -0.2) is 16.8 Å². The Morgan fingerprint density at radius 2 is 1.68 bits per heavy atom. The number of benzene rings is 2. The third-order valence-corrected chi connectivity index (χ3v) is 3.30. The lowest BCUT2D eigenvalue weighted by Gasteiger charge is -2.11. The fourth-order valence-corrected chi connectivity index (χ4v) is 2.11. The number of Topliss-reactive ketones (excluding diaryl/α,β-unsaturated/α-hetero) is 1. The molecule has 0 fully saturated rings. The molecule has 114 valence electrons. The fourth-order valence-electron chi connectivity index (χ4n) is 2.00. The van der Waals surface area contributed by atoms with Crippen LogP contribution in [-0.2, 0) is 4.62 Å². The van der Waals surface area contributed by atoms with Crippen molar-refractivity contribution in [3.8, 4) is 0 Å². The average molecular weight is 317 g/mol. The highest BCUT2D eigenvalue weighted by Gasteiger charge is 2.15. The summed E-state index contributed by atoms with van der Waals surface area (Å²) in [4.78, 5) is 23.6. The van der Waals surface area contributed by atoms with Crippen molar-refractivity contribution in [2.75, 3.05) is 0 Å². The van der Waals surface area contributed by atoms with Crippen LogP contribution in [0.15, 0.2) is 54.6 Å². The predicted molar refractivity (Wildman–Crippen MR) is 85.1 cm³/mol. The van der Waals surface area contributed by atoms with Gasteiger partial charge in [-0.15, -0.1) is 0 Å². The van der Waals surface area contributed by atoms with Crippen LogP contribution in [0.25, 0.3) is 0 Å². The summed E-state index contributed by atoms with van der Waals surface area (Å²) in [7, 11) is 1.92. The lowest BCUT2D eigenvalue weighted by molar-refractivity contribution is 0.0794. The van der Waals surface area contributed by atoms with E-state index in [-0.39, 0.29) is 12.2 Å². The van der Waals surface area contributed by atoms with Gasteiger partial charge in [0.25, 0.3) is 5.91 Å². The lowest BCUT2D eigenvalue weighted by atomic mass is 9.99. The first-order chi connectivity index (χ1) is 10.6. The van der Waals surface area contributed by atoms with Gasteiger partial charge in [-0.3, -0.25) is 14.2 Å². The second-order valence-electron chi connectivity index (χ2n) is 4.68. The van der Waals surface area contributed by atoms with E-state index < -0.39 is 12.0 Å². The maximum absolute atomic E-state index is 12.0. The summed E-state index contributed by atoms with van der Waals surface area (Å²) >= 11 is 0. The van der Waals surface area contributed by atoms with Crippen LogP contribution in [0, 0.1) is 0 Å². The zero-order valence-corrected chi connectivity index (χ0v) is 12.9. The summed E-state index contributed by atoms with van der Waals surface area (Å²) in [5, 5.41) is 10.1. The zero-order chi connectivity index (χ0) is 15.9. The quantitative estimate of drug-likeness (QED) is 0.487. The van der Waals surface area contributed by atoms with Crippen LogP contribution >= 0.6 is 9.47 Å². The number of rotatable bonds is 6. The molecular formula is C16H16NO4P. The maximum atomic E-state index is 12.0. The largest absolute Gasteiger partial charge is 0.388 e. The van der Waals surface area contributed by atoms with Gasteiger partial charge in [-0.2, -0.15) is 0 Å². The molecule has 1 amide bonds. The number of hydrogen-bond acceptors (Lipinski definition) is 4. The molecule has 2 rings (SSSR count). The molecule has 0 radical (unpaired) electrons. The van der Waals surface area contributed by atoms with Crippen LogP contribution < -0.4 is 5.48 Å². The number of carbonyl (C=O) groups excluding carboxylic acids is 2. The van der Waals surface area contributed by atoms with Crippen molar-refractivity contribution in [3.05, 3.63) is 71.3 Å². The number of amides is 1. The number of hydrogen-bond donors (Lipinski definition) is 2. The second kappa shape index (κ2) is 7.80. The van der Waals surface area contributed by atoms with Crippen molar-refractivity contribution < 1.29 is 19.3 Å². The number of ketones is 1. The standard InChI is InChI=1S/C16H16NO4P/c18-14(11-4-2-1-3-5-11)10-15(19)12-6-8-13(9-7-12)16(20)17-21-22/h1-9,15,19H,10,22H2,(H,17,20). The number of carbonyl (C=O) groups is 2. The third-order valence-electron chi connectivity index (χ3n) is 3.18. The Bertz CT molecular complexity index is 643. The van der Waals surface area contributed by atoms with Crippen LogP contribution in [0.3, 0.4) is 0 Å². The van der Waals surface area contributed by atoms with E-state index in [1.807, 2.05) is 15.5 Å². The molecule has 0 heterocycles. The van der Waals surface area contributed by atoms with Gasteiger partial charge >= 0.3 is 0 Å². The van der Waals surface area contributed by atoms with Crippen LogP contribution in [0.4, 0.5) is 0 Å². The zero-order valence-electron chi connectivity index (χ0n) is 11.7. The first-order valence-electron chi connectivity index (χ1n) is 6.64. The third kappa shape index (κ3) is 4.21. The SMILES string of the molecule is O=C(CC(O)c1ccc(C(=O)NOP)cc1)c1ccccc1. The van der Waals surface area contributed by atoms with Crippen LogP contribution in [0.1, 0.15) is 38.8 Å². The topological polar surface area (TPSA) is 75.6 Å². The Morgan fingerprint density at radius 3 is 2.27 bits per heavy atom.